The van der Waals surface area contributed by atoms with Crippen LogP contribution in [0.4, 0.5) is 19.4 Å². The summed E-state index contributed by atoms with van der Waals surface area (Å²) in [7, 11) is 0. The highest BCUT2D eigenvalue weighted by atomic mass is 19.3. The van der Waals surface area contributed by atoms with Crippen LogP contribution in [0.15, 0.2) is 18.5 Å². The molecule has 0 bridgehead atoms. The molecule has 30 heavy (non-hydrogen) atoms. The van der Waals surface area contributed by atoms with Crippen molar-refractivity contribution in [2.45, 2.75) is 49.8 Å². The maximum Gasteiger partial charge on any atom is 0.509 e. The van der Waals surface area contributed by atoms with Crippen LogP contribution in [-0.2, 0) is 19.8 Å². The molecule has 0 amide bonds. The van der Waals surface area contributed by atoms with Crippen molar-refractivity contribution < 1.29 is 38.0 Å². The van der Waals surface area contributed by atoms with Gasteiger partial charge in [-0.3, -0.25) is 0 Å². The van der Waals surface area contributed by atoms with Gasteiger partial charge in [-0.2, -0.15) is 10.4 Å². The summed E-state index contributed by atoms with van der Waals surface area (Å²) in [6.07, 6.45) is -8.00. The summed E-state index contributed by atoms with van der Waals surface area (Å²) in [6, 6.07) is 4.74. The Morgan fingerprint density at radius 2 is 2.20 bits per heavy atom. The molecule has 11 nitrogen and oxygen atoms in total. The number of alkyl halides is 2. The van der Waals surface area contributed by atoms with Gasteiger partial charge in [0, 0.05) is 0 Å². The van der Waals surface area contributed by atoms with Crippen LogP contribution in [0.25, 0.3) is 5.52 Å². The minimum atomic E-state index is -2.96. The van der Waals surface area contributed by atoms with E-state index in [1.165, 1.54) is 16.6 Å². The first-order chi connectivity index (χ1) is 14.0. The van der Waals surface area contributed by atoms with E-state index in [9.17, 15) is 29.1 Å². The molecule has 0 saturated carbocycles. The van der Waals surface area contributed by atoms with Crippen molar-refractivity contribution in [1.82, 2.24) is 14.6 Å². The fourth-order valence-electron chi connectivity index (χ4n) is 2.99. The van der Waals surface area contributed by atoms with Gasteiger partial charge in [0.05, 0.1) is 5.69 Å². The Morgan fingerprint density at radius 3 is 2.83 bits per heavy atom. The van der Waals surface area contributed by atoms with Crippen molar-refractivity contribution in [3.63, 3.8) is 0 Å². The van der Waals surface area contributed by atoms with E-state index in [1.807, 2.05) is 6.07 Å². The van der Waals surface area contributed by atoms with Gasteiger partial charge in [0.1, 0.15) is 42.8 Å². The average Bonchev–Trinajstić information content (AvgIpc) is 3.22. The Balaban J connectivity index is 1.80. The number of carbonyl (C=O) groups excluding carboxylic acids is 1. The molecule has 0 radical (unpaired) electrons. The second kappa shape index (κ2) is 7.63. The van der Waals surface area contributed by atoms with Crippen LogP contribution in [0, 0.1) is 11.3 Å². The number of nitrogens with two attached hydrogens (primary N) is 1. The molecular formula is C17H19F2N5O6. The maximum absolute atomic E-state index is 12.8. The summed E-state index contributed by atoms with van der Waals surface area (Å²) in [6.45, 7) is 1.32. The maximum atomic E-state index is 12.8. The fourth-order valence-corrected chi connectivity index (χ4v) is 2.99. The zero-order valence-corrected chi connectivity index (χ0v) is 15.9. The number of rotatable bonds is 5. The van der Waals surface area contributed by atoms with Gasteiger partial charge in [0.2, 0.25) is 5.60 Å². The summed E-state index contributed by atoms with van der Waals surface area (Å²) in [5.74, 6) is 0.113. The highest BCUT2D eigenvalue weighted by Crippen LogP contribution is 2.40. The topological polar surface area (TPSA) is 165 Å². The van der Waals surface area contributed by atoms with Crippen molar-refractivity contribution in [2.24, 2.45) is 0 Å². The van der Waals surface area contributed by atoms with Gasteiger partial charge in [-0.25, -0.2) is 23.1 Å². The van der Waals surface area contributed by atoms with Crippen molar-refractivity contribution in [3.8, 4) is 6.07 Å². The van der Waals surface area contributed by atoms with Crippen LogP contribution in [0.2, 0.25) is 0 Å². The molecule has 3 rings (SSSR count). The molecule has 0 spiro atoms. The number of aliphatic hydroxyl groups is 2. The molecule has 0 aromatic carbocycles. The van der Waals surface area contributed by atoms with Gasteiger partial charge in [0.15, 0.2) is 11.4 Å². The van der Waals surface area contributed by atoms with E-state index in [4.69, 9.17) is 15.2 Å². The summed E-state index contributed by atoms with van der Waals surface area (Å²) in [4.78, 5) is 15.5. The molecule has 3 heterocycles. The molecule has 13 heteroatoms. The molecule has 4 atom stereocenters. The molecule has 162 valence electrons. The van der Waals surface area contributed by atoms with Crippen LogP contribution < -0.4 is 5.73 Å². The van der Waals surface area contributed by atoms with Gasteiger partial charge in [-0.15, -0.1) is 0 Å². The number of aromatic nitrogens is 3. The third kappa shape index (κ3) is 3.49. The number of nitriles is 1. The van der Waals surface area contributed by atoms with E-state index in [1.54, 1.807) is 0 Å². The number of aliphatic hydroxyl groups excluding tert-OH is 2. The lowest BCUT2D eigenvalue weighted by Crippen LogP contribution is -2.41. The second-order valence-corrected chi connectivity index (χ2v) is 7.17. The van der Waals surface area contributed by atoms with Crippen molar-refractivity contribution in [2.75, 3.05) is 12.3 Å². The molecule has 4 N–H and O–H groups in total. The minimum Gasteiger partial charge on any atom is -0.431 e. The summed E-state index contributed by atoms with van der Waals surface area (Å²) >= 11 is 0. The lowest BCUT2D eigenvalue weighted by molar-refractivity contribution is -0.112. The first-order valence-electron chi connectivity index (χ1n) is 8.71. The molecule has 1 aliphatic rings. The Hall–Kier alpha value is -3.08. The molecule has 2 aromatic heterocycles. The van der Waals surface area contributed by atoms with E-state index in [-0.39, 0.29) is 11.5 Å². The number of carbonyl (C=O) groups is 1. The summed E-state index contributed by atoms with van der Waals surface area (Å²) < 4.78 is 41.7. The van der Waals surface area contributed by atoms with Gasteiger partial charge in [-0.1, -0.05) is 0 Å². The summed E-state index contributed by atoms with van der Waals surface area (Å²) in [5.41, 5.74) is 1.99. The number of halogens is 2. The zero-order valence-electron chi connectivity index (χ0n) is 15.9. The molecule has 2 aromatic rings. The molecule has 1 fully saturated rings. The Bertz CT molecular complexity index is 993. The largest absolute Gasteiger partial charge is 0.509 e. The lowest BCUT2D eigenvalue weighted by Gasteiger charge is -2.24. The van der Waals surface area contributed by atoms with Gasteiger partial charge >= 0.3 is 6.16 Å². The lowest BCUT2D eigenvalue weighted by atomic mass is 9.92. The highest BCUT2D eigenvalue weighted by Gasteiger charge is 2.58. The quantitative estimate of drug-likeness (QED) is 0.567. The predicted octanol–water partition coefficient (Wildman–Crippen LogP) is 0.348. The van der Waals surface area contributed by atoms with Crippen molar-refractivity contribution >= 4 is 17.5 Å². The first-order valence-corrected chi connectivity index (χ1v) is 8.71. The van der Waals surface area contributed by atoms with E-state index in [0.29, 0.717) is 5.52 Å². The average molecular weight is 427 g/mol. The monoisotopic (exact) mass is 427 g/mol. The first kappa shape index (κ1) is 21.6. The van der Waals surface area contributed by atoms with Gasteiger partial charge in [-0.05, 0) is 26.0 Å². The van der Waals surface area contributed by atoms with Crippen LogP contribution in [0.1, 0.15) is 19.5 Å². The molecule has 0 aliphatic carbocycles. The van der Waals surface area contributed by atoms with Crippen molar-refractivity contribution in [1.29, 1.82) is 5.26 Å². The third-order valence-electron chi connectivity index (χ3n) is 4.72. The van der Waals surface area contributed by atoms with Crippen molar-refractivity contribution in [3.05, 3.63) is 24.2 Å². The number of anilines is 1. The Labute approximate surface area is 168 Å². The van der Waals surface area contributed by atoms with E-state index >= 15 is 0 Å². The fraction of sp³-hybridized carbons (Fsp3) is 0.529. The smallest absolute Gasteiger partial charge is 0.431 e. The van der Waals surface area contributed by atoms with Crippen LogP contribution in [0.3, 0.4) is 0 Å². The third-order valence-corrected chi connectivity index (χ3v) is 4.72. The number of hydrogen-bond acceptors (Lipinski definition) is 10. The number of ether oxygens (including phenoxy) is 3. The number of nitrogens with zero attached hydrogens (tertiary/aromatic N) is 4. The SMILES string of the molecule is CC(C)(OC(=O)OC[C@H]1O[C@@](C#N)(c2ccc3c(N)ncnn23)[C@H](O)[C@@H]1O)C(F)F. The summed E-state index contributed by atoms with van der Waals surface area (Å²) in [5, 5.41) is 34.6. The highest BCUT2D eigenvalue weighted by molar-refractivity contribution is 5.66. The van der Waals surface area contributed by atoms with Crippen LogP contribution in [0.5, 0.6) is 0 Å². The van der Waals surface area contributed by atoms with Crippen LogP contribution >= 0.6 is 0 Å². The number of fused-ring (bicyclic) bond motifs is 1. The number of hydrogen-bond donors (Lipinski definition) is 3. The minimum absolute atomic E-state index is 0.0598. The number of nitrogen functional groups attached to an aromatic ring is 1. The molecule has 0 unspecified atom stereocenters. The molecular weight excluding hydrogens is 408 g/mol. The molecule has 1 aliphatic heterocycles. The molecule has 1 saturated heterocycles. The predicted molar refractivity (Wildman–Crippen MR) is 94.1 cm³/mol. The Morgan fingerprint density at radius 1 is 1.50 bits per heavy atom. The normalized spacial score (nSPS) is 26.7. The van der Waals surface area contributed by atoms with Crippen LogP contribution in [-0.4, -0.2) is 67.9 Å². The van der Waals surface area contributed by atoms with Gasteiger partial charge < -0.3 is 30.2 Å². The second-order valence-electron chi connectivity index (χ2n) is 7.17. The van der Waals surface area contributed by atoms with E-state index < -0.39 is 48.7 Å². The Kier molecular flexibility index (Phi) is 5.50. The van der Waals surface area contributed by atoms with Gasteiger partial charge in [0.25, 0.3) is 6.43 Å². The standard InChI is InChI=1S/C17H19F2N5O6/c1-16(2,14(18)19)30-15(27)28-5-9-11(25)12(26)17(6-20,29-9)10-4-3-8-13(21)22-7-23-24(8)10/h3-4,7,9,11-12,14,25-26H,5H2,1-2H3,(H2,21,22,23)/t9-,11-,12-,17+/m1/s1. The van der Waals surface area contributed by atoms with E-state index in [0.717, 1.165) is 20.2 Å². The van der Waals surface area contributed by atoms with E-state index in [2.05, 4.69) is 14.8 Å². The zero-order chi connectivity index (χ0) is 22.3.